The Labute approximate surface area is 265 Å². The Morgan fingerprint density at radius 2 is 1.91 bits per heavy atom. The first-order valence-corrected chi connectivity index (χ1v) is 17.6. The molecule has 0 saturated heterocycles. The predicted octanol–water partition coefficient (Wildman–Crippen LogP) is 5.12. The molecular formula is C32H47NO9S2. The van der Waals surface area contributed by atoms with Crippen molar-refractivity contribution in [3.8, 4) is 0 Å². The monoisotopic (exact) mass is 653 g/mol. The number of sulfonamides is 1. The van der Waals surface area contributed by atoms with E-state index in [1.54, 1.807) is 12.1 Å². The molecule has 1 aliphatic rings. The molecule has 1 aromatic heterocycles. The van der Waals surface area contributed by atoms with Gasteiger partial charge < -0.3 is 19.7 Å². The van der Waals surface area contributed by atoms with Gasteiger partial charge in [-0.25, -0.2) is 0 Å². The van der Waals surface area contributed by atoms with Crippen LogP contribution in [-0.4, -0.2) is 67.5 Å². The van der Waals surface area contributed by atoms with Gasteiger partial charge in [-0.1, -0.05) is 50.5 Å². The zero-order chi connectivity index (χ0) is 32.5. The summed E-state index contributed by atoms with van der Waals surface area (Å²) in [5.74, 6) is -1.20. The molecule has 1 heterocycles. The summed E-state index contributed by atoms with van der Waals surface area (Å²) in [7, 11) is -3.86. The maximum absolute atomic E-state index is 12.3. The van der Waals surface area contributed by atoms with E-state index < -0.39 is 40.3 Å². The normalized spacial score (nSPS) is 21.4. The van der Waals surface area contributed by atoms with Crippen molar-refractivity contribution in [1.82, 2.24) is 0 Å². The number of aliphatic hydroxyl groups is 2. The fraction of sp³-hybridized carbons (Fsp3) is 0.625. The Morgan fingerprint density at radius 1 is 1.14 bits per heavy atom. The molecule has 1 aliphatic carbocycles. The molecule has 10 nitrogen and oxygen atoms in total. The lowest BCUT2D eigenvalue weighted by molar-refractivity contribution is -0.148. The third-order valence-electron chi connectivity index (χ3n) is 7.23. The van der Waals surface area contributed by atoms with Gasteiger partial charge in [0.05, 0.1) is 18.8 Å². The van der Waals surface area contributed by atoms with Crippen LogP contribution >= 0.6 is 11.3 Å². The van der Waals surface area contributed by atoms with Gasteiger partial charge in [0.1, 0.15) is 16.1 Å². The Morgan fingerprint density at radius 3 is 2.61 bits per heavy atom. The summed E-state index contributed by atoms with van der Waals surface area (Å²) >= 11 is 1.01. The molecule has 5 atom stereocenters. The van der Waals surface area contributed by atoms with Crippen LogP contribution in [0.4, 0.5) is 0 Å². The van der Waals surface area contributed by atoms with E-state index in [1.807, 2.05) is 18.2 Å². The lowest BCUT2D eigenvalue weighted by atomic mass is 9.89. The Bertz CT molecular complexity index is 1250. The predicted molar refractivity (Wildman–Crippen MR) is 170 cm³/mol. The summed E-state index contributed by atoms with van der Waals surface area (Å²) in [4.78, 5) is 35.6. The Kier molecular flexibility index (Phi) is 16.8. The molecule has 0 radical (unpaired) electrons. The van der Waals surface area contributed by atoms with Gasteiger partial charge >= 0.3 is 11.9 Å². The molecule has 0 bridgehead atoms. The first kappa shape index (κ1) is 37.5. The highest BCUT2D eigenvalue weighted by Gasteiger charge is 2.42. The van der Waals surface area contributed by atoms with E-state index in [1.165, 1.54) is 26.1 Å². The number of ether oxygens (including phenoxy) is 2. The van der Waals surface area contributed by atoms with Crippen molar-refractivity contribution in [2.75, 3.05) is 6.61 Å². The molecular weight excluding hydrogens is 606 g/mol. The number of nitrogens with zero attached hydrogens (tertiary/aromatic N) is 1. The summed E-state index contributed by atoms with van der Waals surface area (Å²) < 4.78 is 38.9. The molecule has 1 aromatic rings. The molecule has 0 aromatic carbocycles. The number of Topliss-reactive ketones (excluding diaryl/α,β-unsaturated/α-hetero) is 1. The number of allylic oxidation sites excluding steroid dienone is 2. The molecule has 1 fully saturated rings. The lowest BCUT2D eigenvalue weighted by Gasteiger charge is -2.22. The van der Waals surface area contributed by atoms with E-state index in [9.17, 15) is 33.0 Å². The molecule has 12 heteroatoms. The first-order valence-electron chi connectivity index (χ1n) is 15.3. The third kappa shape index (κ3) is 14.0. The molecule has 0 aliphatic heterocycles. The van der Waals surface area contributed by atoms with Crippen molar-refractivity contribution in [2.24, 2.45) is 16.2 Å². The summed E-state index contributed by atoms with van der Waals surface area (Å²) in [6.07, 6.45) is 13.4. The minimum atomic E-state index is -3.86. The fourth-order valence-electron chi connectivity index (χ4n) is 5.06. The summed E-state index contributed by atoms with van der Waals surface area (Å²) in [6, 6.07) is 3.03. The molecule has 2 N–H and O–H groups in total. The molecule has 1 saturated carbocycles. The lowest BCUT2D eigenvalue weighted by Crippen LogP contribution is -2.24. The SMILES string of the molecule is CCCCC[C@H](O)/C=C/[C@@H]1[C@@H](C/C=C\CCCC(=O)OCCC=NS(=O)(=O)c2ccc(CC(C)=O)s2)[C@@H](OC(C)=O)C[C@H]1O. The highest BCUT2D eigenvalue weighted by Crippen LogP contribution is 2.38. The van der Waals surface area contributed by atoms with Gasteiger partial charge in [0, 0.05) is 55.5 Å². The van der Waals surface area contributed by atoms with Crippen molar-refractivity contribution in [3.05, 3.63) is 41.3 Å². The molecule has 0 amide bonds. The minimum Gasteiger partial charge on any atom is -0.465 e. The second kappa shape index (κ2) is 19.7. The van der Waals surface area contributed by atoms with Crippen LogP contribution in [-0.2, 0) is 40.3 Å². The number of rotatable bonds is 20. The number of unbranched alkanes of at least 4 members (excludes halogenated alkanes) is 3. The average molecular weight is 654 g/mol. The molecule has 0 spiro atoms. The number of carbonyl (C=O) groups is 3. The third-order valence-corrected chi connectivity index (χ3v) is 10.1. The topological polar surface area (TPSA) is 157 Å². The molecule has 0 unspecified atom stereocenters. The first-order chi connectivity index (χ1) is 20.9. The van der Waals surface area contributed by atoms with Crippen molar-refractivity contribution in [1.29, 1.82) is 0 Å². The average Bonchev–Trinajstić information content (AvgIpc) is 3.52. The van der Waals surface area contributed by atoms with Crippen molar-refractivity contribution in [3.63, 3.8) is 0 Å². The van der Waals surface area contributed by atoms with Gasteiger partial charge in [0.15, 0.2) is 0 Å². The number of esters is 2. The van der Waals surface area contributed by atoms with Crippen LogP contribution in [0.15, 0.2) is 45.0 Å². The van der Waals surface area contributed by atoms with Crippen LogP contribution in [0.25, 0.3) is 0 Å². The maximum Gasteiger partial charge on any atom is 0.305 e. The largest absolute Gasteiger partial charge is 0.465 e. The van der Waals surface area contributed by atoms with Crippen LogP contribution in [0.1, 0.15) is 89.9 Å². The molecule has 246 valence electrons. The van der Waals surface area contributed by atoms with Crippen molar-refractivity contribution in [2.45, 2.75) is 114 Å². The fourth-order valence-corrected chi connectivity index (χ4v) is 7.38. The molecule has 44 heavy (non-hydrogen) atoms. The van der Waals surface area contributed by atoms with Gasteiger partial charge in [-0.05, 0) is 44.7 Å². The summed E-state index contributed by atoms with van der Waals surface area (Å²) in [5.41, 5.74) is 0. The number of thiophene rings is 1. The van der Waals surface area contributed by atoms with Crippen LogP contribution < -0.4 is 0 Å². The number of ketones is 1. The number of hydrogen-bond acceptors (Lipinski definition) is 10. The summed E-state index contributed by atoms with van der Waals surface area (Å²) in [5, 5.41) is 20.9. The number of aliphatic hydroxyl groups excluding tert-OH is 2. The van der Waals surface area contributed by atoms with Crippen LogP contribution in [0, 0.1) is 11.8 Å². The number of hydrogen-bond donors (Lipinski definition) is 2. The van der Waals surface area contributed by atoms with Crippen molar-refractivity contribution < 1.29 is 42.5 Å². The maximum atomic E-state index is 12.3. The molecule has 2 rings (SSSR count). The second-order valence-corrected chi connectivity index (χ2v) is 14.1. The van der Waals surface area contributed by atoms with E-state index in [0.29, 0.717) is 37.0 Å². The standard InChI is InChI=1S/C32H47NO9S2/c1-4-5-8-12-25(36)15-17-27-28(30(22-29(27)37)42-24(3)35)13-9-6-7-10-14-31(38)41-20-11-19-33-44(39,40)32-18-16-26(43-32)21-23(2)34/h6,9,15-19,25,27-30,36-37H,4-5,7-8,10-14,20-22H2,1-3H3/b9-6-,17-15+,33-19?/t25-,27+,28+,29+,30-/m0/s1. The van der Waals surface area contributed by atoms with Gasteiger partial charge in [0.25, 0.3) is 10.0 Å². The highest BCUT2D eigenvalue weighted by atomic mass is 32.2. The zero-order valence-electron chi connectivity index (χ0n) is 25.9. The second-order valence-electron chi connectivity index (χ2n) is 11.1. The minimum absolute atomic E-state index is 0.0114. The van der Waals surface area contributed by atoms with E-state index in [4.69, 9.17) is 9.47 Å². The highest BCUT2D eigenvalue weighted by molar-refractivity contribution is 7.92. The van der Waals surface area contributed by atoms with Crippen molar-refractivity contribution >= 4 is 45.3 Å². The van der Waals surface area contributed by atoms with Crippen LogP contribution in [0.3, 0.4) is 0 Å². The zero-order valence-corrected chi connectivity index (χ0v) is 27.6. The van der Waals surface area contributed by atoms with Gasteiger partial charge in [-0.15, -0.1) is 11.3 Å². The van der Waals surface area contributed by atoms with E-state index in [2.05, 4.69) is 11.3 Å². The van der Waals surface area contributed by atoms with E-state index in [0.717, 1.165) is 30.6 Å². The number of carbonyl (C=O) groups excluding carboxylic acids is 3. The quantitative estimate of drug-likeness (QED) is 0.0844. The smallest absolute Gasteiger partial charge is 0.305 e. The van der Waals surface area contributed by atoms with Crippen LogP contribution in [0.5, 0.6) is 0 Å². The summed E-state index contributed by atoms with van der Waals surface area (Å²) in [6.45, 7) is 4.91. The van der Waals surface area contributed by atoms with Gasteiger partial charge in [0.2, 0.25) is 0 Å². The van der Waals surface area contributed by atoms with Gasteiger partial charge in [-0.3, -0.25) is 14.4 Å². The van der Waals surface area contributed by atoms with E-state index in [-0.39, 0.29) is 47.7 Å². The van der Waals surface area contributed by atoms with Crippen LogP contribution in [0.2, 0.25) is 0 Å². The Balaban J connectivity index is 1.74. The Hall–Kier alpha value is -2.67. The van der Waals surface area contributed by atoms with Gasteiger partial charge in [-0.2, -0.15) is 12.8 Å². The van der Waals surface area contributed by atoms with E-state index >= 15 is 0 Å².